The number of aromatic nitrogens is 3. The summed E-state index contributed by atoms with van der Waals surface area (Å²) in [4.78, 5) is 26.4. The molecule has 12 nitrogen and oxygen atoms in total. The minimum Gasteiger partial charge on any atom is -0.691 e. The maximum Gasteiger partial charge on any atom is 0.346 e. The smallest absolute Gasteiger partial charge is 0.346 e. The molecule has 0 spiro atoms. The summed E-state index contributed by atoms with van der Waals surface area (Å²) in [6.45, 7) is 5.77. The van der Waals surface area contributed by atoms with E-state index in [1.807, 2.05) is 0 Å². The first kappa shape index (κ1) is 25.3. The van der Waals surface area contributed by atoms with Crippen LogP contribution in [-0.4, -0.2) is 37.8 Å². The maximum atomic E-state index is 12.3. The highest BCUT2D eigenvalue weighted by Gasteiger charge is 2.16. The Bertz CT molecular complexity index is 1120. The zero-order valence-electron chi connectivity index (χ0n) is 19.8. The number of nitrogens with one attached hydrogen (secondary N) is 2. The van der Waals surface area contributed by atoms with Crippen molar-refractivity contribution in [2.75, 3.05) is 28.7 Å². The molecule has 3 rings (SSSR count). The van der Waals surface area contributed by atoms with E-state index in [9.17, 15) is 15.3 Å². The largest absolute Gasteiger partial charge is 0.691 e. The molecule has 2 N–H and O–H groups in total. The van der Waals surface area contributed by atoms with Gasteiger partial charge in [-0.25, -0.2) is 0 Å². The van der Waals surface area contributed by atoms with Gasteiger partial charge in [0.05, 0.1) is 10.1 Å². The van der Waals surface area contributed by atoms with Crippen molar-refractivity contribution in [2.45, 2.75) is 39.5 Å². The summed E-state index contributed by atoms with van der Waals surface area (Å²) < 4.78 is 0. The van der Waals surface area contributed by atoms with Crippen molar-refractivity contribution >= 4 is 34.9 Å². The number of benzene rings is 2. The summed E-state index contributed by atoms with van der Waals surface area (Å²) in [7, 11) is 0. The van der Waals surface area contributed by atoms with Gasteiger partial charge >= 0.3 is 5.95 Å². The summed E-state index contributed by atoms with van der Waals surface area (Å²) in [6, 6.07) is 14.5. The van der Waals surface area contributed by atoms with E-state index in [0.717, 1.165) is 38.8 Å². The average molecular weight is 480 g/mol. The van der Waals surface area contributed by atoms with Crippen LogP contribution in [0.25, 0.3) is 0 Å². The molecule has 0 aliphatic heterocycles. The summed E-state index contributed by atoms with van der Waals surface area (Å²) >= 11 is 0. The summed E-state index contributed by atoms with van der Waals surface area (Å²) in [6.07, 6.45) is 3.97. The van der Waals surface area contributed by atoms with Crippen molar-refractivity contribution in [3.8, 4) is 0 Å². The Morgan fingerprint density at radius 3 is 2.09 bits per heavy atom. The average Bonchev–Trinajstić information content (AvgIpc) is 2.88. The number of unbranched alkanes of at least 4 members (excludes halogenated alkanes) is 2. The molecule has 0 unspecified atom stereocenters. The van der Waals surface area contributed by atoms with E-state index in [4.69, 9.17) is 0 Å². The fourth-order valence-corrected chi connectivity index (χ4v) is 3.12. The van der Waals surface area contributed by atoms with Gasteiger partial charge in [-0.3, -0.25) is 10.1 Å². The van der Waals surface area contributed by atoms with E-state index >= 15 is 0 Å². The molecule has 3 aromatic rings. The number of anilines is 4. The lowest BCUT2D eigenvalue weighted by Crippen LogP contribution is -2.28. The lowest BCUT2D eigenvalue weighted by molar-refractivity contribution is -0.439. The Morgan fingerprint density at radius 2 is 1.49 bits per heavy atom. The highest BCUT2D eigenvalue weighted by atomic mass is 16.6. The van der Waals surface area contributed by atoms with E-state index in [1.165, 1.54) is 12.1 Å². The summed E-state index contributed by atoms with van der Waals surface area (Å²) in [5, 5.41) is 30.1. The second kappa shape index (κ2) is 12.8. The Balaban J connectivity index is 1.91. The molecule has 0 radical (unpaired) electrons. The molecule has 0 saturated carbocycles. The van der Waals surface area contributed by atoms with Crippen LogP contribution in [0.4, 0.5) is 34.9 Å². The predicted octanol–water partition coefficient (Wildman–Crippen LogP) is 5.55. The number of nitro groups is 1. The molecule has 0 atom stereocenters. The first-order valence-corrected chi connectivity index (χ1v) is 11.5. The fraction of sp³-hybridized carbons (Fsp3) is 0.348. The SMILES string of the molecule is CCCCN(CCCC)c1nc(NN=[N+]([O-])c2ccccc2)nc(Nc2ccc([N+](=O)[O-])cc2)n1. The van der Waals surface area contributed by atoms with Gasteiger partial charge in [-0.15, -0.1) is 10.3 Å². The molecule has 0 aliphatic carbocycles. The van der Waals surface area contributed by atoms with Gasteiger partial charge in [-0.1, -0.05) is 44.9 Å². The molecule has 0 fully saturated rings. The van der Waals surface area contributed by atoms with Gasteiger partial charge in [-0.2, -0.15) is 15.0 Å². The molecule has 2 aromatic carbocycles. The van der Waals surface area contributed by atoms with Crippen LogP contribution in [0.15, 0.2) is 59.8 Å². The third kappa shape index (κ3) is 7.59. The Kier molecular flexibility index (Phi) is 9.22. The minimum atomic E-state index is -0.463. The molecule has 0 bridgehead atoms. The van der Waals surface area contributed by atoms with Gasteiger partial charge in [0.25, 0.3) is 5.69 Å². The van der Waals surface area contributed by atoms with Gasteiger partial charge in [-0.05, 0) is 37.1 Å². The molecular formula is C23H29N9O3. The molecule has 0 saturated heterocycles. The number of hydrogen-bond acceptors (Lipinski definition) is 9. The van der Waals surface area contributed by atoms with Gasteiger partial charge in [0.15, 0.2) is 5.69 Å². The van der Waals surface area contributed by atoms with Gasteiger partial charge in [0.2, 0.25) is 11.9 Å². The first-order chi connectivity index (χ1) is 17.0. The Hall–Kier alpha value is -4.35. The Labute approximate surface area is 203 Å². The monoisotopic (exact) mass is 479 g/mol. The molecule has 1 aromatic heterocycles. The highest BCUT2D eigenvalue weighted by Crippen LogP contribution is 2.21. The van der Waals surface area contributed by atoms with Crippen molar-refractivity contribution in [1.82, 2.24) is 15.0 Å². The van der Waals surface area contributed by atoms with Crippen molar-refractivity contribution in [3.63, 3.8) is 0 Å². The molecule has 0 amide bonds. The van der Waals surface area contributed by atoms with E-state index in [2.05, 4.69) is 49.7 Å². The third-order valence-electron chi connectivity index (χ3n) is 5.02. The van der Waals surface area contributed by atoms with Crippen LogP contribution in [0.3, 0.4) is 0 Å². The standard InChI is InChI=1S/C23H29N9O3/c1-3-5-16-30(17-6-4-2)23-26-21(24-18-12-14-20(15-13-18)32(34)35)25-22(27-23)28-29-31(33)19-10-8-7-9-11-19/h7-15H,3-6,16-17H2,1-2H3,(H2,24,25,26,27,28). The number of nitro benzene ring substituents is 1. The van der Waals surface area contributed by atoms with Crippen LogP contribution in [0, 0.1) is 15.3 Å². The van der Waals surface area contributed by atoms with Crippen LogP contribution in [0.2, 0.25) is 0 Å². The molecule has 184 valence electrons. The molecule has 1 heterocycles. The van der Waals surface area contributed by atoms with Crippen LogP contribution in [-0.2, 0) is 0 Å². The number of para-hydroxylation sites is 1. The van der Waals surface area contributed by atoms with E-state index in [1.54, 1.807) is 42.5 Å². The predicted molar refractivity (Wildman–Crippen MR) is 134 cm³/mol. The quantitative estimate of drug-likeness (QED) is 0.139. The van der Waals surface area contributed by atoms with Gasteiger partial charge in [0, 0.05) is 30.9 Å². The normalized spacial score (nSPS) is 11.2. The zero-order chi connectivity index (χ0) is 25.0. The van der Waals surface area contributed by atoms with Gasteiger partial charge in [0.1, 0.15) is 0 Å². The fourth-order valence-electron chi connectivity index (χ4n) is 3.12. The van der Waals surface area contributed by atoms with E-state index < -0.39 is 4.92 Å². The molecular weight excluding hydrogens is 450 g/mol. The van der Waals surface area contributed by atoms with Crippen molar-refractivity contribution in [1.29, 1.82) is 0 Å². The lowest BCUT2D eigenvalue weighted by Gasteiger charge is -2.22. The van der Waals surface area contributed by atoms with Crippen molar-refractivity contribution in [3.05, 3.63) is 69.9 Å². The topological polar surface area (TPSA) is 148 Å². The Morgan fingerprint density at radius 1 is 0.857 bits per heavy atom. The molecule has 35 heavy (non-hydrogen) atoms. The summed E-state index contributed by atoms with van der Waals surface area (Å²) in [5.74, 6) is 0.757. The summed E-state index contributed by atoms with van der Waals surface area (Å²) in [5.41, 5.74) is 3.52. The molecule has 12 heteroatoms. The number of non-ortho nitro benzene ring substituents is 1. The zero-order valence-corrected chi connectivity index (χ0v) is 19.8. The second-order valence-electron chi connectivity index (χ2n) is 7.73. The van der Waals surface area contributed by atoms with Crippen LogP contribution >= 0.6 is 0 Å². The molecule has 0 aliphatic rings. The van der Waals surface area contributed by atoms with E-state index in [-0.39, 0.29) is 17.6 Å². The van der Waals surface area contributed by atoms with Crippen LogP contribution in [0.5, 0.6) is 0 Å². The van der Waals surface area contributed by atoms with Crippen LogP contribution < -0.4 is 15.6 Å². The van der Waals surface area contributed by atoms with Crippen molar-refractivity contribution < 1.29 is 9.78 Å². The van der Waals surface area contributed by atoms with E-state index in [0.29, 0.717) is 22.2 Å². The number of rotatable bonds is 13. The number of hydrogen-bond donors (Lipinski definition) is 2. The first-order valence-electron chi connectivity index (χ1n) is 11.5. The number of nitrogens with zero attached hydrogens (tertiary/aromatic N) is 7. The van der Waals surface area contributed by atoms with Gasteiger partial charge < -0.3 is 15.4 Å². The lowest BCUT2D eigenvalue weighted by atomic mass is 10.3. The van der Waals surface area contributed by atoms with Crippen LogP contribution in [0.1, 0.15) is 39.5 Å². The highest BCUT2D eigenvalue weighted by molar-refractivity contribution is 5.57. The second-order valence-corrected chi connectivity index (χ2v) is 7.73. The van der Waals surface area contributed by atoms with Crippen molar-refractivity contribution in [2.24, 2.45) is 5.22 Å². The third-order valence-corrected chi connectivity index (χ3v) is 5.02. The minimum absolute atomic E-state index is 0.0187. The maximum absolute atomic E-state index is 12.3.